The number of nitrogens with zero attached hydrogens (tertiary/aromatic N) is 1. The molecule has 0 saturated heterocycles. The predicted molar refractivity (Wildman–Crippen MR) is 58.0 cm³/mol. The van der Waals surface area contributed by atoms with Crippen LogP contribution in [-0.2, 0) is 16.6 Å². The van der Waals surface area contributed by atoms with E-state index in [9.17, 15) is 17.2 Å². The minimum absolute atomic E-state index is 0.0381. The average Bonchev–Trinajstić information content (AvgIpc) is 2.65. The van der Waals surface area contributed by atoms with E-state index in [1.54, 1.807) is 6.07 Å². The lowest BCUT2D eigenvalue weighted by molar-refractivity contribution is 0.126. The van der Waals surface area contributed by atoms with Crippen LogP contribution >= 0.6 is 11.3 Å². The van der Waals surface area contributed by atoms with Crippen LogP contribution in [0.15, 0.2) is 16.3 Å². The van der Waals surface area contributed by atoms with Gasteiger partial charge in [0.1, 0.15) is 4.21 Å². The van der Waals surface area contributed by atoms with Crippen molar-refractivity contribution in [3.05, 3.63) is 17.0 Å². The van der Waals surface area contributed by atoms with Gasteiger partial charge in [-0.05, 0) is 12.1 Å². The van der Waals surface area contributed by atoms with Crippen LogP contribution in [0.1, 0.15) is 4.88 Å². The predicted octanol–water partition coefficient (Wildman–Crippen LogP) is 1.09. The number of hydrogen-bond donors (Lipinski definition) is 1. The minimum atomic E-state index is -3.81. The van der Waals surface area contributed by atoms with E-state index in [0.717, 1.165) is 18.4 Å². The van der Waals surface area contributed by atoms with Crippen molar-refractivity contribution in [2.45, 2.75) is 17.2 Å². The number of hydrogen-bond acceptors (Lipinski definition) is 4. The van der Waals surface area contributed by atoms with Crippen LogP contribution in [0.5, 0.6) is 0 Å². The van der Waals surface area contributed by atoms with Crippen LogP contribution in [0.2, 0.25) is 0 Å². The topological polar surface area (TPSA) is 63.4 Å². The molecule has 0 saturated carbocycles. The van der Waals surface area contributed by atoms with E-state index in [4.69, 9.17) is 5.73 Å². The van der Waals surface area contributed by atoms with Gasteiger partial charge in [-0.3, -0.25) is 0 Å². The summed E-state index contributed by atoms with van der Waals surface area (Å²) in [5, 5.41) is 0. The fraction of sp³-hybridized carbons (Fsp3) is 0.500. The highest BCUT2D eigenvalue weighted by Crippen LogP contribution is 2.24. The third-order valence-corrected chi connectivity index (χ3v) is 5.30. The molecule has 0 aliphatic heterocycles. The summed E-state index contributed by atoms with van der Waals surface area (Å²) >= 11 is 0.996. The third-order valence-electron chi connectivity index (χ3n) is 1.90. The van der Waals surface area contributed by atoms with Gasteiger partial charge in [-0.1, -0.05) is 0 Å². The number of alkyl halides is 2. The highest BCUT2D eigenvalue weighted by molar-refractivity contribution is 7.91. The zero-order valence-electron chi connectivity index (χ0n) is 8.56. The first-order chi connectivity index (χ1) is 7.37. The molecule has 8 heteroatoms. The first kappa shape index (κ1) is 13.5. The lowest BCUT2D eigenvalue weighted by Crippen LogP contribution is -2.30. The van der Waals surface area contributed by atoms with Crippen LogP contribution in [0.25, 0.3) is 0 Å². The van der Waals surface area contributed by atoms with Crippen molar-refractivity contribution in [2.24, 2.45) is 5.73 Å². The Balaban J connectivity index is 2.92. The van der Waals surface area contributed by atoms with E-state index in [2.05, 4.69) is 0 Å². The lowest BCUT2D eigenvalue weighted by atomic mass is 10.5. The number of rotatable bonds is 5. The molecule has 0 bridgehead atoms. The zero-order chi connectivity index (χ0) is 12.3. The van der Waals surface area contributed by atoms with Gasteiger partial charge >= 0.3 is 0 Å². The van der Waals surface area contributed by atoms with Gasteiger partial charge in [0.25, 0.3) is 16.4 Å². The second-order valence-electron chi connectivity index (χ2n) is 3.10. The van der Waals surface area contributed by atoms with Crippen LogP contribution in [0, 0.1) is 0 Å². The molecule has 1 rings (SSSR count). The van der Waals surface area contributed by atoms with Crippen molar-refractivity contribution in [3.8, 4) is 0 Å². The Kier molecular flexibility index (Phi) is 4.36. The summed E-state index contributed by atoms with van der Waals surface area (Å²) in [4.78, 5) is 0.698. The molecule has 0 radical (unpaired) electrons. The summed E-state index contributed by atoms with van der Waals surface area (Å²) in [6.45, 7) is -0.572. The molecular formula is C8H12F2N2O2S2. The van der Waals surface area contributed by atoms with Crippen molar-refractivity contribution in [3.63, 3.8) is 0 Å². The quantitative estimate of drug-likeness (QED) is 0.871. The molecule has 4 nitrogen and oxygen atoms in total. The Hall–Kier alpha value is -0.570. The zero-order valence-corrected chi connectivity index (χ0v) is 10.2. The molecular weight excluding hydrogens is 258 g/mol. The Bertz CT molecular complexity index is 445. The van der Waals surface area contributed by atoms with Gasteiger partial charge in [0, 0.05) is 18.5 Å². The maximum absolute atomic E-state index is 12.1. The summed E-state index contributed by atoms with van der Waals surface area (Å²) < 4.78 is 48.4. The van der Waals surface area contributed by atoms with Gasteiger partial charge in [-0.25, -0.2) is 17.2 Å². The van der Waals surface area contributed by atoms with E-state index in [-0.39, 0.29) is 10.8 Å². The molecule has 1 heterocycles. The fourth-order valence-corrected chi connectivity index (χ4v) is 3.65. The Morgan fingerprint density at radius 3 is 2.56 bits per heavy atom. The first-order valence-corrected chi connectivity index (χ1v) is 6.67. The molecule has 1 aromatic heterocycles. The monoisotopic (exact) mass is 270 g/mol. The molecule has 0 fully saturated rings. The summed E-state index contributed by atoms with van der Waals surface area (Å²) in [6.07, 6.45) is -2.69. The summed E-state index contributed by atoms with van der Waals surface area (Å²) in [7, 11) is -2.68. The highest BCUT2D eigenvalue weighted by Gasteiger charge is 2.24. The Morgan fingerprint density at radius 2 is 2.12 bits per heavy atom. The molecule has 0 spiro atoms. The largest absolute Gasteiger partial charge is 0.326 e. The van der Waals surface area contributed by atoms with Crippen molar-refractivity contribution in [1.29, 1.82) is 0 Å². The van der Waals surface area contributed by atoms with Gasteiger partial charge < -0.3 is 5.73 Å². The van der Waals surface area contributed by atoms with Crippen LogP contribution in [-0.4, -0.2) is 32.7 Å². The molecule has 0 unspecified atom stereocenters. The van der Waals surface area contributed by atoms with Gasteiger partial charge in [0.15, 0.2) is 0 Å². The molecule has 0 aliphatic rings. The fourth-order valence-electron chi connectivity index (χ4n) is 1.05. The highest BCUT2D eigenvalue weighted by atomic mass is 32.2. The molecule has 0 atom stereocenters. The number of thiophene rings is 1. The number of halogens is 2. The van der Waals surface area contributed by atoms with E-state index < -0.39 is 23.0 Å². The molecule has 0 aromatic carbocycles. The van der Waals surface area contributed by atoms with Crippen LogP contribution < -0.4 is 5.73 Å². The van der Waals surface area contributed by atoms with E-state index in [1.807, 2.05) is 0 Å². The normalized spacial score (nSPS) is 12.6. The standard InChI is InChI=1S/C8H12F2N2O2S2/c1-12(5-7(9)10)16(13,14)8-3-2-6(4-11)15-8/h2-3,7H,4-5,11H2,1H3. The van der Waals surface area contributed by atoms with Gasteiger partial charge in [-0.2, -0.15) is 4.31 Å². The van der Waals surface area contributed by atoms with E-state index in [1.165, 1.54) is 6.07 Å². The lowest BCUT2D eigenvalue weighted by Gasteiger charge is -2.14. The molecule has 16 heavy (non-hydrogen) atoms. The Labute approximate surface area is 96.7 Å². The molecule has 0 aliphatic carbocycles. The maximum atomic E-state index is 12.1. The minimum Gasteiger partial charge on any atom is -0.326 e. The smallest absolute Gasteiger partial charge is 0.252 e. The van der Waals surface area contributed by atoms with E-state index in [0.29, 0.717) is 9.18 Å². The van der Waals surface area contributed by atoms with Gasteiger partial charge in [0.05, 0.1) is 6.54 Å². The molecule has 92 valence electrons. The van der Waals surface area contributed by atoms with Crippen LogP contribution in [0.3, 0.4) is 0 Å². The summed E-state index contributed by atoms with van der Waals surface area (Å²) in [5.74, 6) is 0. The first-order valence-electron chi connectivity index (χ1n) is 4.41. The van der Waals surface area contributed by atoms with Crippen molar-refractivity contribution >= 4 is 21.4 Å². The third kappa shape index (κ3) is 2.97. The molecule has 1 aromatic rings. The summed E-state index contributed by atoms with van der Waals surface area (Å²) in [5.41, 5.74) is 5.35. The van der Waals surface area contributed by atoms with Crippen molar-refractivity contribution in [2.75, 3.05) is 13.6 Å². The van der Waals surface area contributed by atoms with Gasteiger partial charge in [0.2, 0.25) is 0 Å². The average molecular weight is 270 g/mol. The van der Waals surface area contributed by atoms with Gasteiger partial charge in [-0.15, -0.1) is 11.3 Å². The number of sulfonamides is 1. The maximum Gasteiger partial charge on any atom is 0.252 e. The van der Waals surface area contributed by atoms with Crippen LogP contribution in [0.4, 0.5) is 8.78 Å². The number of nitrogens with two attached hydrogens (primary N) is 1. The second kappa shape index (κ2) is 5.17. The van der Waals surface area contributed by atoms with E-state index >= 15 is 0 Å². The Morgan fingerprint density at radius 1 is 1.50 bits per heavy atom. The van der Waals surface area contributed by atoms with Crippen molar-refractivity contribution in [1.82, 2.24) is 4.31 Å². The van der Waals surface area contributed by atoms with Crippen molar-refractivity contribution < 1.29 is 17.2 Å². The molecule has 2 N–H and O–H groups in total. The summed E-state index contributed by atoms with van der Waals surface area (Å²) in [6, 6.07) is 2.96. The SMILES string of the molecule is CN(CC(F)F)S(=O)(=O)c1ccc(CN)s1. The molecule has 0 amide bonds. The second-order valence-corrected chi connectivity index (χ2v) is 6.54.